The van der Waals surface area contributed by atoms with Crippen molar-refractivity contribution in [3.05, 3.63) is 0 Å². The molecule has 10 rings (SSSR count). The highest BCUT2D eigenvalue weighted by Crippen LogP contribution is 2.63. The Kier molecular flexibility index (Phi) is 7.53. The molecule has 0 aromatic heterocycles. The number of rotatable bonds is 5. The molecule has 0 radical (unpaired) electrons. The molecule has 8 heteroatoms. The molecular weight excluding hydrogens is 570 g/mol. The van der Waals surface area contributed by atoms with Crippen LogP contribution < -0.4 is 0 Å². The topological polar surface area (TPSA) is 77.0 Å². The number of hydrogen-bond donors (Lipinski definition) is 0. The highest BCUT2D eigenvalue weighted by molar-refractivity contribution is 5.89. The van der Waals surface area contributed by atoms with Crippen molar-refractivity contribution in [2.24, 2.45) is 52.5 Å². The zero-order valence-corrected chi connectivity index (χ0v) is 28.3. The lowest BCUT2D eigenvalue weighted by Crippen LogP contribution is -2.71. The van der Waals surface area contributed by atoms with Crippen molar-refractivity contribution < 1.29 is 33.9 Å². The summed E-state index contributed by atoms with van der Waals surface area (Å²) in [5.74, 6) is 5.82. The first-order valence-electron chi connectivity index (χ1n) is 18.2. The average molecular weight is 626 g/mol. The van der Waals surface area contributed by atoms with Crippen molar-refractivity contribution in [2.45, 2.75) is 159 Å². The zero-order valence-electron chi connectivity index (χ0n) is 28.3. The van der Waals surface area contributed by atoms with Gasteiger partial charge in [0.15, 0.2) is 6.61 Å². The van der Waals surface area contributed by atoms with Crippen LogP contribution in [0.1, 0.15) is 112 Å². The second-order valence-electron chi connectivity index (χ2n) is 17.2. The van der Waals surface area contributed by atoms with E-state index in [1.165, 1.54) is 12.8 Å². The molecule has 0 N–H and O–H groups in total. The van der Waals surface area contributed by atoms with Crippen molar-refractivity contribution in [2.75, 3.05) is 6.61 Å². The molecule has 0 aromatic carbocycles. The van der Waals surface area contributed by atoms with Crippen molar-refractivity contribution in [3.63, 3.8) is 0 Å². The van der Waals surface area contributed by atoms with Crippen LogP contribution in [-0.4, -0.2) is 59.1 Å². The summed E-state index contributed by atoms with van der Waals surface area (Å²) in [7, 11) is 0. The largest absolute Gasteiger partial charge is 0.383 e. The molecule has 16 atom stereocenters. The van der Waals surface area contributed by atoms with E-state index in [0.29, 0.717) is 41.9 Å². The molecule has 4 saturated carbocycles. The first-order chi connectivity index (χ1) is 21.5. The van der Waals surface area contributed by atoms with Gasteiger partial charge in [-0.15, -0.1) is 6.42 Å². The Hall–Kier alpha value is -1.21. The van der Waals surface area contributed by atoms with E-state index in [1.807, 2.05) is 0 Å². The fourth-order valence-electron chi connectivity index (χ4n) is 12.2. The summed E-state index contributed by atoms with van der Waals surface area (Å²) in [6.07, 6.45) is 16.7. The second-order valence-corrected chi connectivity index (χ2v) is 17.2. The molecule has 6 heterocycles. The molecule has 0 unspecified atom stereocenters. The highest BCUT2D eigenvalue weighted by Gasteiger charge is 2.70. The Bertz CT molecular complexity index is 1240. The summed E-state index contributed by atoms with van der Waals surface area (Å²) >= 11 is 0. The van der Waals surface area contributed by atoms with Gasteiger partial charge < -0.3 is 14.3 Å². The third-order valence-corrected chi connectivity index (χ3v) is 14.6. The van der Waals surface area contributed by atoms with Gasteiger partial charge in [-0.3, -0.25) is 0 Å². The zero-order chi connectivity index (χ0) is 31.4. The maximum Gasteiger partial charge on any atom is 0.177 e. The van der Waals surface area contributed by atoms with Crippen molar-refractivity contribution in [1.29, 1.82) is 0 Å². The van der Waals surface area contributed by atoms with Gasteiger partial charge in [0, 0.05) is 19.3 Å². The van der Waals surface area contributed by atoms with Gasteiger partial charge in [0.05, 0.1) is 24.0 Å². The van der Waals surface area contributed by atoms with Gasteiger partial charge in [-0.05, 0) is 113 Å². The lowest BCUT2D eigenvalue weighted by Gasteiger charge is -2.62. The summed E-state index contributed by atoms with van der Waals surface area (Å²) in [6.45, 7) is 14.0. The predicted molar refractivity (Wildman–Crippen MR) is 168 cm³/mol. The molecule has 10 fully saturated rings. The highest BCUT2D eigenvalue weighted by atomic mass is 17.2. The molecule has 6 saturated heterocycles. The Balaban J connectivity index is 1.11. The molecule has 4 bridgehead atoms. The van der Waals surface area contributed by atoms with Crippen LogP contribution in [0.15, 0.2) is 5.16 Å². The summed E-state index contributed by atoms with van der Waals surface area (Å²) in [4.78, 5) is 31.4. The fraction of sp³-hybridized carbons (Fsp3) is 0.919. The number of ether oxygens (including phenoxy) is 2. The number of hydrogen-bond acceptors (Lipinski definition) is 8. The van der Waals surface area contributed by atoms with Crippen LogP contribution in [0.4, 0.5) is 0 Å². The Labute approximate surface area is 269 Å². The summed E-state index contributed by atoms with van der Waals surface area (Å²) in [6, 6.07) is 0. The van der Waals surface area contributed by atoms with Gasteiger partial charge >= 0.3 is 0 Å². The van der Waals surface area contributed by atoms with Gasteiger partial charge in [0.1, 0.15) is 28.5 Å². The maximum absolute atomic E-state index is 7.25. The van der Waals surface area contributed by atoms with Crippen LogP contribution in [0.2, 0.25) is 0 Å². The molecule has 10 aliphatic rings. The molecular formula is C37H55NO7. The molecule has 8 nitrogen and oxygen atoms in total. The molecule has 0 aromatic rings. The molecule has 0 amide bonds. The number of nitrogens with zero attached hydrogens (tertiary/aromatic N) is 1. The van der Waals surface area contributed by atoms with Gasteiger partial charge in [-0.25, -0.2) is 19.6 Å². The van der Waals surface area contributed by atoms with Crippen LogP contribution in [-0.2, 0) is 33.9 Å². The van der Waals surface area contributed by atoms with Crippen LogP contribution in [0.5, 0.6) is 0 Å². The number of oxime groups is 1. The van der Waals surface area contributed by atoms with E-state index < -0.39 is 5.60 Å². The Morgan fingerprint density at radius 3 is 1.87 bits per heavy atom. The van der Waals surface area contributed by atoms with Gasteiger partial charge in [-0.1, -0.05) is 38.8 Å². The van der Waals surface area contributed by atoms with Crippen molar-refractivity contribution >= 4 is 5.71 Å². The smallest absolute Gasteiger partial charge is 0.177 e. The van der Waals surface area contributed by atoms with E-state index >= 15 is 0 Å². The van der Waals surface area contributed by atoms with E-state index in [1.54, 1.807) is 0 Å². The standard InChI is InChI=1S/C37H55NO7/c1-8-17-39-38-29(33-24(5)28-12-10-22(3)26-14-16-35(7)20-32(41-33)37(26,28)45-43-35)18-30-23(4)27-11-9-21(2)25-13-15-34(6)19-31(40-30)36(25,27)44-42-34/h1,21-28,30-33H,9-20H2,2-7H3/b38-29-/t21-,22-,23-,24-,25+,26+,27+,28+,30-,31-,32-,33+,34-,35-,36-,37-/m1/s1. The minimum absolute atomic E-state index is 0.00206. The van der Waals surface area contributed by atoms with Crippen molar-refractivity contribution in [3.8, 4) is 12.3 Å². The molecule has 250 valence electrons. The van der Waals surface area contributed by atoms with Gasteiger partial charge in [-0.2, -0.15) is 0 Å². The van der Waals surface area contributed by atoms with E-state index in [9.17, 15) is 0 Å². The third-order valence-electron chi connectivity index (χ3n) is 14.6. The monoisotopic (exact) mass is 625 g/mol. The number of fused-ring (bicyclic) bond motifs is 4. The van der Waals surface area contributed by atoms with Crippen LogP contribution in [0.25, 0.3) is 0 Å². The maximum atomic E-state index is 7.25. The second kappa shape index (κ2) is 10.9. The minimum atomic E-state index is -0.407. The molecule has 6 aliphatic heterocycles. The SMILES string of the molecule is C#CCO/N=C(/C[C@H]1O[C@@H]2C[C@@]3(C)CC[C@H]4[C@H](C)CC[C@@H]([C@H]1C)[C@@]24OO3)[C@H]1O[C@@H]2C[C@@]3(C)CC[C@H]4[C@H](C)CC[C@@H]([C@H]1C)[C@@]24OO3. The average Bonchev–Trinajstić information content (AvgIpc) is 3.38. The normalized spacial score (nSPS) is 56.8. The quantitative estimate of drug-likeness (QED) is 0.109. The molecule has 4 aliphatic carbocycles. The first kappa shape index (κ1) is 31.1. The van der Waals surface area contributed by atoms with Crippen LogP contribution in [0, 0.1) is 59.7 Å². The van der Waals surface area contributed by atoms with E-state index in [-0.39, 0.29) is 59.7 Å². The Morgan fingerprint density at radius 2 is 1.29 bits per heavy atom. The van der Waals surface area contributed by atoms with E-state index in [2.05, 4.69) is 47.5 Å². The van der Waals surface area contributed by atoms with Crippen molar-refractivity contribution in [1.82, 2.24) is 0 Å². The fourth-order valence-corrected chi connectivity index (χ4v) is 12.2. The van der Waals surface area contributed by atoms with Gasteiger partial charge in [0.25, 0.3) is 0 Å². The predicted octanol–water partition coefficient (Wildman–Crippen LogP) is 6.80. The van der Waals surface area contributed by atoms with Gasteiger partial charge in [0.2, 0.25) is 0 Å². The van der Waals surface area contributed by atoms with E-state index in [0.717, 1.165) is 57.1 Å². The summed E-state index contributed by atoms with van der Waals surface area (Å²) in [5.41, 5.74) is -0.501. The number of terminal acetylenes is 1. The van der Waals surface area contributed by atoms with E-state index in [4.69, 9.17) is 45.4 Å². The lowest BCUT2D eigenvalue weighted by molar-refractivity contribution is -0.487. The van der Waals surface area contributed by atoms with Crippen LogP contribution >= 0.6 is 0 Å². The molecule has 2 spiro atoms. The lowest BCUT2D eigenvalue weighted by atomic mass is 9.55. The third kappa shape index (κ3) is 4.50. The minimum Gasteiger partial charge on any atom is -0.383 e. The molecule has 45 heavy (non-hydrogen) atoms. The summed E-state index contributed by atoms with van der Waals surface area (Å²) in [5, 5.41) is 4.79. The Morgan fingerprint density at radius 1 is 0.733 bits per heavy atom. The van der Waals surface area contributed by atoms with Crippen LogP contribution in [0.3, 0.4) is 0 Å². The first-order valence-corrected chi connectivity index (χ1v) is 18.2. The summed E-state index contributed by atoms with van der Waals surface area (Å²) < 4.78 is 14.5.